The number of carbonyl (C=O) groups excluding carboxylic acids is 1. The molecule has 9 heteroatoms. The third kappa shape index (κ3) is 8.91. The van der Waals surface area contributed by atoms with Gasteiger partial charge in [0, 0.05) is 28.3 Å². The van der Waals surface area contributed by atoms with Crippen molar-refractivity contribution < 1.29 is 9.63 Å². The molecule has 4 aromatic carbocycles. The summed E-state index contributed by atoms with van der Waals surface area (Å²) in [5.74, 6) is 0. The molecule has 0 heterocycles. The molecule has 0 bridgehead atoms. The van der Waals surface area contributed by atoms with E-state index in [1.165, 1.54) is 0 Å². The zero-order valence-electron chi connectivity index (χ0n) is 20.5. The predicted octanol–water partition coefficient (Wildman–Crippen LogP) is 9.88. The topological polar surface area (TPSA) is 47.1 Å². The molecular weight excluding hydrogens is 551 g/mol. The van der Waals surface area contributed by atoms with Gasteiger partial charge >= 0.3 is 11.4 Å². The minimum Gasteiger partial charge on any atom is -0.303 e. The molecule has 0 atom stereocenters. The molecule has 1 N–H and O–H groups in total. The summed E-state index contributed by atoms with van der Waals surface area (Å²) >= 11 is 0. The van der Waals surface area contributed by atoms with Crippen LogP contribution in [0, 0.1) is 13.1 Å². The number of nitrogens with one attached hydrogen (secondary N) is 1. The quantitative estimate of drug-likeness (QED) is 0.115. The number of hydrogen-bond acceptors (Lipinski definition) is 7. The molecule has 0 aliphatic heterocycles. The number of anilines is 1. The Morgan fingerprint density at radius 2 is 1.13 bits per heavy atom. The van der Waals surface area contributed by atoms with Gasteiger partial charge in [0.1, 0.15) is 16.1 Å². The van der Waals surface area contributed by atoms with Crippen molar-refractivity contribution in [3.8, 4) is 13.1 Å². The van der Waals surface area contributed by atoms with Gasteiger partial charge in [0.15, 0.2) is 0 Å². The zero-order valence-corrected chi connectivity index (χ0v) is 23.8. The van der Waals surface area contributed by atoms with E-state index in [1.807, 2.05) is 97.1 Å². The van der Waals surface area contributed by atoms with Crippen LogP contribution in [0.1, 0.15) is 5.56 Å². The third-order valence-corrected chi connectivity index (χ3v) is 9.81. The third-order valence-electron chi connectivity index (χ3n) is 4.83. The average molecular weight is 576 g/mol. The maximum absolute atomic E-state index is 10.7. The van der Waals surface area contributed by atoms with Crippen LogP contribution in [0.3, 0.4) is 0 Å². The lowest BCUT2D eigenvalue weighted by molar-refractivity contribution is -0.107. The van der Waals surface area contributed by atoms with Crippen molar-refractivity contribution in [3.05, 3.63) is 112 Å². The lowest BCUT2D eigenvalue weighted by Gasteiger charge is -2.10. The van der Waals surface area contributed by atoms with E-state index in [9.17, 15) is 4.79 Å². The smallest absolute Gasteiger partial charge is 0.303 e. The molecule has 0 aliphatic carbocycles. The van der Waals surface area contributed by atoms with Gasteiger partial charge in [-0.05, 0) is 67.2 Å². The Kier molecular flexibility index (Phi) is 12.7. The summed E-state index contributed by atoms with van der Waals surface area (Å²) in [4.78, 5) is 27.4. The molecule has 0 amide bonds. The highest BCUT2D eigenvalue weighted by Crippen LogP contribution is 2.45. The second-order valence-corrected chi connectivity index (χ2v) is 11.7. The highest BCUT2D eigenvalue weighted by atomic mass is 33.1. The molecule has 0 aliphatic rings. The van der Waals surface area contributed by atoms with Gasteiger partial charge < -0.3 is 4.79 Å². The molecule has 0 aromatic heterocycles. The summed E-state index contributed by atoms with van der Waals surface area (Å²) in [5, 5.41) is 0. The highest BCUT2D eigenvalue weighted by molar-refractivity contribution is 8.77. The first-order chi connectivity index (χ1) is 18.7. The van der Waals surface area contributed by atoms with Gasteiger partial charge in [-0.25, -0.2) is 0 Å². The summed E-state index contributed by atoms with van der Waals surface area (Å²) in [6, 6.07) is 31.3. The number of nitrogens with zero attached hydrogens (tertiary/aromatic N) is 2. The number of carbonyl (C=O) groups is 1. The molecule has 190 valence electrons. The monoisotopic (exact) mass is 575 g/mol. The Morgan fingerprint density at radius 1 is 0.684 bits per heavy atom. The van der Waals surface area contributed by atoms with Crippen molar-refractivity contribution in [3.63, 3.8) is 0 Å². The minimum atomic E-state index is 0.446. The van der Waals surface area contributed by atoms with Crippen molar-refractivity contribution in [2.75, 3.05) is 12.6 Å². The van der Waals surface area contributed by atoms with Crippen LogP contribution in [-0.4, -0.2) is 13.4 Å². The van der Waals surface area contributed by atoms with E-state index in [0.29, 0.717) is 6.42 Å². The Morgan fingerprint density at radius 3 is 1.68 bits per heavy atom. The molecule has 5 nitrogen and oxygen atoms in total. The fourth-order valence-corrected chi connectivity index (χ4v) is 7.64. The summed E-state index contributed by atoms with van der Waals surface area (Å²) in [7, 11) is 8.04. The normalized spacial score (nSPS) is 9.87. The maximum atomic E-state index is 10.7. The largest absolute Gasteiger partial charge is 0.354 e. The fourth-order valence-electron chi connectivity index (χ4n) is 3.03. The second-order valence-electron chi connectivity index (χ2n) is 7.31. The number of hydrogen-bond donors (Lipinski definition) is 1. The molecule has 4 rings (SSSR count). The first-order valence-electron chi connectivity index (χ1n) is 11.3. The van der Waals surface area contributed by atoms with Crippen LogP contribution in [0.25, 0.3) is 9.69 Å². The van der Waals surface area contributed by atoms with E-state index in [-0.39, 0.29) is 0 Å². The van der Waals surface area contributed by atoms with Crippen molar-refractivity contribution in [1.82, 2.24) is 0 Å². The number of benzene rings is 4. The minimum absolute atomic E-state index is 0.446. The van der Waals surface area contributed by atoms with Crippen LogP contribution >= 0.6 is 43.2 Å². The fraction of sp³-hybridized carbons (Fsp3) is 0.0690. The van der Waals surface area contributed by atoms with Gasteiger partial charge in [-0.15, -0.1) is 0 Å². The molecule has 0 fully saturated rings. The van der Waals surface area contributed by atoms with Crippen LogP contribution in [-0.2, 0) is 16.1 Å². The molecular formula is C29H25N3O2S4+2. The van der Waals surface area contributed by atoms with Gasteiger partial charge in [0.25, 0.3) is 13.1 Å². The summed E-state index contributed by atoms with van der Waals surface area (Å²) < 4.78 is 0. The second kappa shape index (κ2) is 16.5. The van der Waals surface area contributed by atoms with E-state index in [4.69, 9.17) is 18.0 Å². The standard InChI is InChI=1S/C15H15NO2S2.C14H10N2S2/c1-18-16-13-7-3-5-9-15(13)20-19-14-8-4-2-6-12(14)10-11-17;1-15-11-7-3-5-9-13(11)17-18-14-10-6-4-8-12(14)16-2/h2-9,11,16H,10H2,1H3;1-10H/q;+2. The number of rotatable bonds is 10. The van der Waals surface area contributed by atoms with Crippen LogP contribution in [0.5, 0.6) is 0 Å². The Bertz CT molecular complexity index is 1380. The van der Waals surface area contributed by atoms with Gasteiger partial charge in [-0.1, -0.05) is 76.2 Å². The Balaban J connectivity index is 0.000000212. The van der Waals surface area contributed by atoms with Crippen LogP contribution in [0.4, 0.5) is 17.1 Å². The van der Waals surface area contributed by atoms with E-state index in [2.05, 4.69) is 15.2 Å². The van der Waals surface area contributed by atoms with Crippen LogP contribution in [0.2, 0.25) is 0 Å². The lowest BCUT2D eigenvalue weighted by Crippen LogP contribution is -1.96. The summed E-state index contributed by atoms with van der Waals surface area (Å²) in [5.41, 5.74) is 6.40. The summed E-state index contributed by atoms with van der Waals surface area (Å²) in [6.45, 7) is 10.7. The first-order valence-corrected chi connectivity index (χ1v) is 15.6. The van der Waals surface area contributed by atoms with Crippen LogP contribution < -0.4 is 5.48 Å². The van der Waals surface area contributed by atoms with E-state index < -0.39 is 0 Å². The molecule has 38 heavy (non-hydrogen) atoms. The molecule has 0 unspecified atom stereocenters. The molecule has 4 aromatic rings. The number of aldehydes is 1. The molecule has 0 spiro atoms. The van der Waals surface area contributed by atoms with E-state index >= 15 is 0 Å². The zero-order chi connectivity index (χ0) is 27.0. The van der Waals surface area contributed by atoms with Gasteiger partial charge in [0.05, 0.1) is 12.8 Å². The highest BCUT2D eigenvalue weighted by Gasteiger charge is 2.14. The van der Waals surface area contributed by atoms with E-state index in [1.54, 1.807) is 50.3 Å². The SMILES string of the molecule is C#[N+]c1ccccc1SSc1ccccc1[N+]#C.CONc1ccccc1SSc1ccccc1CC=O. The molecule has 0 radical (unpaired) electrons. The average Bonchev–Trinajstić information content (AvgIpc) is 2.97. The predicted molar refractivity (Wildman–Crippen MR) is 166 cm³/mol. The Labute approximate surface area is 239 Å². The van der Waals surface area contributed by atoms with E-state index in [0.717, 1.165) is 48.5 Å². The van der Waals surface area contributed by atoms with Gasteiger partial charge in [-0.3, -0.25) is 10.3 Å². The molecule has 0 saturated heterocycles. The van der Waals surface area contributed by atoms with Crippen molar-refractivity contribution in [2.24, 2.45) is 0 Å². The first kappa shape index (κ1) is 29.2. The van der Waals surface area contributed by atoms with Gasteiger partial charge in [-0.2, -0.15) is 0 Å². The van der Waals surface area contributed by atoms with Crippen molar-refractivity contribution in [1.29, 1.82) is 0 Å². The van der Waals surface area contributed by atoms with Gasteiger partial charge in [0.2, 0.25) is 0 Å². The molecule has 0 saturated carbocycles. The maximum Gasteiger partial charge on any atom is 0.354 e. The van der Waals surface area contributed by atoms with Crippen LogP contribution in [0.15, 0.2) is 117 Å². The Hall–Kier alpha value is -3.31. The van der Waals surface area contributed by atoms with Crippen molar-refractivity contribution in [2.45, 2.75) is 26.0 Å². The lowest BCUT2D eigenvalue weighted by atomic mass is 10.2. The van der Waals surface area contributed by atoms with Crippen molar-refractivity contribution >= 4 is 66.5 Å². The number of para-hydroxylation sites is 3. The summed E-state index contributed by atoms with van der Waals surface area (Å²) in [6.07, 6.45) is 1.38.